The molecule has 2 N–H and O–H groups in total. The highest BCUT2D eigenvalue weighted by Crippen LogP contribution is 2.17. The highest BCUT2D eigenvalue weighted by Gasteiger charge is 2.24. The van der Waals surface area contributed by atoms with Crippen LogP contribution in [0.2, 0.25) is 0 Å². The fourth-order valence-corrected chi connectivity index (χ4v) is 5.19. The molecule has 0 spiro atoms. The van der Waals surface area contributed by atoms with E-state index in [-0.39, 0.29) is 6.42 Å². The van der Waals surface area contributed by atoms with Gasteiger partial charge in [0.1, 0.15) is 0 Å². The summed E-state index contributed by atoms with van der Waals surface area (Å²) in [6.45, 7) is 2.29. The molecule has 0 saturated carbocycles. The van der Waals surface area contributed by atoms with Gasteiger partial charge in [0.05, 0.1) is 0 Å². The molecule has 0 aromatic heterocycles. The number of unbranched alkanes of at least 4 members (excludes halogenated alkanes) is 26. The van der Waals surface area contributed by atoms with Crippen molar-refractivity contribution < 1.29 is 19.8 Å². The predicted molar refractivity (Wildman–Crippen MR) is 154 cm³/mol. The van der Waals surface area contributed by atoms with E-state index in [0.29, 0.717) is 6.42 Å². The first-order valence-electron chi connectivity index (χ1n) is 16.0. The maximum absolute atomic E-state index is 10.8. The zero-order valence-corrected chi connectivity index (χ0v) is 24.1. The van der Waals surface area contributed by atoms with Crippen molar-refractivity contribution in [2.24, 2.45) is 5.92 Å². The number of rotatable bonds is 30. The third kappa shape index (κ3) is 26.0. The number of carboxylic acids is 2. The van der Waals surface area contributed by atoms with Gasteiger partial charge in [-0.15, -0.1) is 0 Å². The summed E-state index contributed by atoms with van der Waals surface area (Å²) < 4.78 is 0. The molecule has 4 heteroatoms. The molecule has 0 fully saturated rings. The molecule has 0 aliphatic rings. The normalized spacial score (nSPS) is 11.4. The minimum atomic E-state index is -1.23. The fraction of sp³-hybridized carbons (Fsp3) is 0.938. The molecule has 0 saturated heterocycles. The minimum Gasteiger partial charge on any atom is -0.481 e. The fourth-order valence-electron chi connectivity index (χ4n) is 5.19. The van der Waals surface area contributed by atoms with Gasteiger partial charge in [-0.2, -0.15) is 0 Å². The number of carbonyl (C=O) groups is 2. The van der Waals surface area contributed by atoms with E-state index < -0.39 is 17.9 Å². The molecule has 214 valence electrons. The first-order valence-corrected chi connectivity index (χ1v) is 16.0. The van der Waals surface area contributed by atoms with Crippen LogP contribution in [-0.2, 0) is 9.59 Å². The smallest absolute Gasteiger partial charge is 0.317 e. The summed E-state index contributed by atoms with van der Waals surface area (Å²) in [7, 11) is 0. The summed E-state index contributed by atoms with van der Waals surface area (Å²) in [4.78, 5) is 21.7. The Morgan fingerprint density at radius 2 is 0.583 bits per heavy atom. The summed E-state index contributed by atoms with van der Waals surface area (Å²) in [6.07, 6.45) is 36.6. The van der Waals surface area contributed by atoms with E-state index in [1.165, 1.54) is 154 Å². The Bertz CT molecular complexity index is 463. The lowest BCUT2D eigenvalue weighted by Crippen LogP contribution is -2.23. The van der Waals surface area contributed by atoms with Gasteiger partial charge >= 0.3 is 11.9 Å². The van der Waals surface area contributed by atoms with Gasteiger partial charge in [0, 0.05) is 0 Å². The van der Waals surface area contributed by atoms with E-state index in [9.17, 15) is 9.59 Å². The maximum Gasteiger partial charge on any atom is 0.317 e. The molecule has 36 heavy (non-hydrogen) atoms. The molecular formula is C32H62O4. The molecule has 0 aromatic carbocycles. The Kier molecular flexibility index (Phi) is 27.7. The molecule has 0 radical (unpaired) electrons. The Labute approximate surface area is 224 Å². The van der Waals surface area contributed by atoms with Gasteiger partial charge in [0.25, 0.3) is 0 Å². The van der Waals surface area contributed by atoms with Crippen molar-refractivity contribution in [1.29, 1.82) is 0 Å². The molecule has 0 rings (SSSR count). The largest absolute Gasteiger partial charge is 0.481 e. The maximum atomic E-state index is 10.8. The standard InChI is InChI=1S/C32H62O4/c1-2-3-4-5-6-7-8-9-10-11-12-13-14-15-16-17-18-19-20-21-22-23-24-25-26-27-28-29-30(31(33)34)32(35)36/h30H,2-29H2,1H3,(H,33,34)(H,35,36). The summed E-state index contributed by atoms with van der Waals surface area (Å²) in [5.41, 5.74) is 0. The van der Waals surface area contributed by atoms with Crippen molar-refractivity contribution in [3.63, 3.8) is 0 Å². The predicted octanol–water partition coefficient (Wildman–Crippen LogP) is 10.7. The average Bonchev–Trinajstić information content (AvgIpc) is 2.85. The molecule has 0 bridgehead atoms. The van der Waals surface area contributed by atoms with E-state index in [4.69, 9.17) is 10.2 Å². The summed E-state index contributed by atoms with van der Waals surface area (Å²) in [6, 6.07) is 0. The van der Waals surface area contributed by atoms with E-state index in [2.05, 4.69) is 6.92 Å². The first-order chi connectivity index (χ1) is 17.6. The van der Waals surface area contributed by atoms with Crippen LogP contribution in [0.1, 0.15) is 187 Å². The Morgan fingerprint density at radius 1 is 0.389 bits per heavy atom. The molecule has 0 aliphatic carbocycles. The highest BCUT2D eigenvalue weighted by atomic mass is 16.4. The molecular weight excluding hydrogens is 448 g/mol. The van der Waals surface area contributed by atoms with Crippen LogP contribution >= 0.6 is 0 Å². The summed E-state index contributed by atoms with van der Waals surface area (Å²) in [5, 5.41) is 17.7. The monoisotopic (exact) mass is 510 g/mol. The van der Waals surface area contributed by atoms with Crippen LogP contribution < -0.4 is 0 Å². The van der Waals surface area contributed by atoms with E-state index >= 15 is 0 Å². The quantitative estimate of drug-likeness (QED) is 0.0744. The van der Waals surface area contributed by atoms with E-state index in [0.717, 1.165) is 12.8 Å². The van der Waals surface area contributed by atoms with Crippen molar-refractivity contribution in [2.75, 3.05) is 0 Å². The Morgan fingerprint density at radius 3 is 0.778 bits per heavy atom. The molecule has 0 atom stereocenters. The molecule has 0 aromatic rings. The van der Waals surface area contributed by atoms with Crippen LogP contribution in [-0.4, -0.2) is 22.2 Å². The second-order valence-corrected chi connectivity index (χ2v) is 11.2. The van der Waals surface area contributed by atoms with E-state index in [1.54, 1.807) is 0 Å². The average molecular weight is 511 g/mol. The van der Waals surface area contributed by atoms with Crippen LogP contribution in [0.5, 0.6) is 0 Å². The minimum absolute atomic E-state index is 0.254. The van der Waals surface area contributed by atoms with Crippen molar-refractivity contribution in [2.45, 2.75) is 187 Å². The van der Waals surface area contributed by atoms with Crippen molar-refractivity contribution in [1.82, 2.24) is 0 Å². The molecule has 0 unspecified atom stereocenters. The lowest BCUT2D eigenvalue weighted by molar-refractivity contribution is -0.154. The third-order valence-electron chi connectivity index (χ3n) is 7.69. The van der Waals surface area contributed by atoms with Crippen LogP contribution in [0, 0.1) is 5.92 Å². The SMILES string of the molecule is CCCCCCCCCCCCCCCCCCCCCCCCCCCCCC(C(=O)O)C(=O)O. The molecule has 0 heterocycles. The Hall–Kier alpha value is -1.06. The summed E-state index contributed by atoms with van der Waals surface area (Å²) >= 11 is 0. The molecule has 0 aliphatic heterocycles. The van der Waals surface area contributed by atoms with Crippen molar-refractivity contribution in [3.8, 4) is 0 Å². The lowest BCUT2D eigenvalue weighted by atomic mass is 10.00. The van der Waals surface area contributed by atoms with Gasteiger partial charge in [-0.05, 0) is 6.42 Å². The number of aliphatic carboxylic acids is 2. The number of hydrogen-bond donors (Lipinski definition) is 2. The Balaban J connectivity index is 3.13. The topological polar surface area (TPSA) is 74.6 Å². The van der Waals surface area contributed by atoms with Crippen molar-refractivity contribution >= 4 is 11.9 Å². The zero-order valence-electron chi connectivity index (χ0n) is 24.1. The van der Waals surface area contributed by atoms with Gasteiger partial charge in [0.15, 0.2) is 5.92 Å². The molecule has 0 amide bonds. The van der Waals surface area contributed by atoms with Gasteiger partial charge in [-0.1, -0.05) is 180 Å². The van der Waals surface area contributed by atoms with Gasteiger partial charge < -0.3 is 10.2 Å². The van der Waals surface area contributed by atoms with Crippen molar-refractivity contribution in [3.05, 3.63) is 0 Å². The second kappa shape index (κ2) is 28.5. The van der Waals surface area contributed by atoms with Crippen LogP contribution in [0.15, 0.2) is 0 Å². The second-order valence-electron chi connectivity index (χ2n) is 11.2. The van der Waals surface area contributed by atoms with Crippen LogP contribution in [0.4, 0.5) is 0 Å². The van der Waals surface area contributed by atoms with Gasteiger partial charge in [-0.25, -0.2) is 0 Å². The lowest BCUT2D eigenvalue weighted by Gasteiger charge is -2.07. The third-order valence-corrected chi connectivity index (χ3v) is 7.69. The molecule has 4 nitrogen and oxygen atoms in total. The van der Waals surface area contributed by atoms with Gasteiger partial charge in [0.2, 0.25) is 0 Å². The summed E-state index contributed by atoms with van der Waals surface area (Å²) in [5.74, 6) is -3.65. The van der Waals surface area contributed by atoms with Gasteiger partial charge in [-0.3, -0.25) is 9.59 Å². The van der Waals surface area contributed by atoms with E-state index in [1.807, 2.05) is 0 Å². The van der Waals surface area contributed by atoms with Crippen LogP contribution in [0.25, 0.3) is 0 Å². The van der Waals surface area contributed by atoms with Crippen LogP contribution in [0.3, 0.4) is 0 Å². The zero-order chi connectivity index (χ0) is 26.5. The first kappa shape index (κ1) is 34.9. The number of hydrogen-bond acceptors (Lipinski definition) is 2. The number of carboxylic acid groups (broad SMARTS) is 2. The highest BCUT2D eigenvalue weighted by molar-refractivity contribution is 5.92.